The molecule has 7 nitrogen and oxygen atoms in total. The summed E-state index contributed by atoms with van der Waals surface area (Å²) < 4.78 is 19.5. The molecule has 1 aliphatic heterocycles. The number of imidazole rings is 1. The maximum absolute atomic E-state index is 13.9. The number of hydrogen-bond acceptors (Lipinski definition) is 4. The highest BCUT2D eigenvalue weighted by Crippen LogP contribution is 2.24. The fraction of sp³-hybridized carbons (Fsp3) is 0.192. The molecule has 4 aromatic rings. The number of nitrogens with one attached hydrogen (secondary N) is 2. The molecule has 0 radical (unpaired) electrons. The van der Waals surface area contributed by atoms with Crippen molar-refractivity contribution in [3.8, 4) is 5.75 Å². The first-order chi connectivity index (χ1) is 16.5. The lowest BCUT2D eigenvalue weighted by molar-refractivity contribution is -0.118. The Balaban J connectivity index is 1.18. The second kappa shape index (κ2) is 9.35. The molecule has 0 aliphatic carbocycles. The van der Waals surface area contributed by atoms with Crippen molar-refractivity contribution in [3.05, 3.63) is 83.9 Å². The summed E-state index contributed by atoms with van der Waals surface area (Å²) in [5, 5.41) is 2.81. The standard InChI is InChI=1S/C26H23FN4O3/c27-21-5-2-1-4-17(21)14-24-29-22-12-7-18(15-23(22)30-24)28-25(32)16-34-20-10-8-19(9-11-20)31-13-3-6-26(31)33/h1-2,4-5,7-12,15H,3,6,13-14,16H2,(H,28,32)(H,29,30). The number of fused-ring (bicyclic) bond motifs is 1. The summed E-state index contributed by atoms with van der Waals surface area (Å²) in [5.74, 6) is 0.749. The largest absolute Gasteiger partial charge is 0.484 e. The highest BCUT2D eigenvalue weighted by molar-refractivity contribution is 5.95. The van der Waals surface area contributed by atoms with Gasteiger partial charge >= 0.3 is 0 Å². The van der Waals surface area contributed by atoms with Crippen LogP contribution in [0, 0.1) is 5.82 Å². The molecule has 1 saturated heterocycles. The number of carbonyl (C=O) groups is 2. The van der Waals surface area contributed by atoms with E-state index in [0.717, 1.165) is 29.7 Å². The van der Waals surface area contributed by atoms with Gasteiger partial charge in [-0.2, -0.15) is 0 Å². The van der Waals surface area contributed by atoms with Crippen molar-refractivity contribution in [3.63, 3.8) is 0 Å². The zero-order valence-corrected chi connectivity index (χ0v) is 18.4. The Bertz CT molecular complexity index is 1350. The van der Waals surface area contributed by atoms with Crippen molar-refractivity contribution in [2.75, 3.05) is 23.4 Å². The van der Waals surface area contributed by atoms with E-state index in [9.17, 15) is 14.0 Å². The van der Waals surface area contributed by atoms with Crippen molar-refractivity contribution in [2.45, 2.75) is 19.3 Å². The lowest BCUT2D eigenvalue weighted by atomic mass is 10.1. The Morgan fingerprint density at radius 1 is 1.12 bits per heavy atom. The first kappa shape index (κ1) is 21.6. The van der Waals surface area contributed by atoms with E-state index in [2.05, 4.69) is 15.3 Å². The third kappa shape index (κ3) is 4.76. The molecule has 0 saturated carbocycles. The van der Waals surface area contributed by atoms with Crippen LogP contribution in [-0.2, 0) is 16.0 Å². The second-order valence-corrected chi connectivity index (χ2v) is 8.16. The third-order valence-electron chi connectivity index (χ3n) is 5.72. The zero-order valence-electron chi connectivity index (χ0n) is 18.4. The van der Waals surface area contributed by atoms with E-state index in [-0.39, 0.29) is 24.2 Å². The number of benzene rings is 3. The van der Waals surface area contributed by atoms with Crippen LogP contribution >= 0.6 is 0 Å². The topological polar surface area (TPSA) is 87.3 Å². The van der Waals surface area contributed by atoms with Crippen molar-refractivity contribution in [2.24, 2.45) is 0 Å². The number of ether oxygens (including phenoxy) is 1. The Morgan fingerprint density at radius 3 is 2.71 bits per heavy atom. The van der Waals surface area contributed by atoms with E-state index in [1.807, 2.05) is 12.1 Å². The number of aromatic nitrogens is 2. The zero-order chi connectivity index (χ0) is 23.5. The Morgan fingerprint density at radius 2 is 1.94 bits per heavy atom. The molecule has 8 heteroatoms. The monoisotopic (exact) mass is 458 g/mol. The molecule has 0 bridgehead atoms. The average Bonchev–Trinajstić information content (AvgIpc) is 3.44. The number of anilines is 2. The molecule has 2 amide bonds. The summed E-state index contributed by atoms with van der Waals surface area (Å²) in [7, 11) is 0. The van der Waals surface area contributed by atoms with E-state index >= 15 is 0 Å². The normalized spacial score (nSPS) is 13.4. The van der Waals surface area contributed by atoms with Gasteiger partial charge in [0.25, 0.3) is 5.91 Å². The van der Waals surface area contributed by atoms with Gasteiger partial charge in [-0.05, 0) is 60.5 Å². The third-order valence-corrected chi connectivity index (χ3v) is 5.72. The number of hydrogen-bond donors (Lipinski definition) is 2. The predicted molar refractivity (Wildman–Crippen MR) is 127 cm³/mol. The molecule has 1 fully saturated rings. The van der Waals surface area contributed by atoms with Gasteiger partial charge in [0, 0.05) is 30.8 Å². The van der Waals surface area contributed by atoms with Crippen molar-refractivity contribution in [1.29, 1.82) is 0 Å². The molecular weight excluding hydrogens is 435 g/mol. The van der Waals surface area contributed by atoms with E-state index < -0.39 is 0 Å². The highest BCUT2D eigenvalue weighted by Gasteiger charge is 2.21. The maximum Gasteiger partial charge on any atom is 0.262 e. The van der Waals surface area contributed by atoms with Gasteiger partial charge in [0.2, 0.25) is 5.91 Å². The fourth-order valence-corrected chi connectivity index (χ4v) is 4.04. The van der Waals surface area contributed by atoms with Crippen molar-refractivity contribution < 1.29 is 18.7 Å². The molecule has 5 rings (SSSR count). The average molecular weight is 458 g/mol. The van der Waals surface area contributed by atoms with Crippen LogP contribution in [0.25, 0.3) is 11.0 Å². The number of halogens is 1. The Kier molecular flexibility index (Phi) is 5.95. The van der Waals surface area contributed by atoms with Gasteiger partial charge in [0.15, 0.2) is 6.61 Å². The molecule has 3 aromatic carbocycles. The molecule has 0 spiro atoms. The Labute approximate surface area is 195 Å². The smallest absolute Gasteiger partial charge is 0.262 e. The number of carbonyl (C=O) groups excluding carboxylic acids is 2. The van der Waals surface area contributed by atoms with Gasteiger partial charge in [-0.1, -0.05) is 18.2 Å². The summed E-state index contributed by atoms with van der Waals surface area (Å²) in [6, 6.07) is 19.1. The first-order valence-corrected chi connectivity index (χ1v) is 11.1. The molecule has 0 atom stereocenters. The van der Waals surface area contributed by atoms with Crippen LogP contribution in [0.3, 0.4) is 0 Å². The number of amides is 2. The number of H-pyrrole nitrogens is 1. The molecule has 0 unspecified atom stereocenters. The van der Waals surface area contributed by atoms with Crippen molar-refractivity contribution in [1.82, 2.24) is 9.97 Å². The summed E-state index contributed by atoms with van der Waals surface area (Å²) in [6.07, 6.45) is 1.80. The predicted octanol–water partition coefficient (Wildman–Crippen LogP) is 4.44. The van der Waals surface area contributed by atoms with E-state index in [4.69, 9.17) is 4.74 Å². The summed E-state index contributed by atoms with van der Waals surface area (Å²) in [5.41, 5.74) is 3.48. The van der Waals surface area contributed by atoms with Crippen molar-refractivity contribution >= 4 is 34.2 Å². The number of nitrogens with zero attached hydrogens (tertiary/aromatic N) is 2. The summed E-state index contributed by atoms with van der Waals surface area (Å²) in [4.78, 5) is 33.7. The summed E-state index contributed by atoms with van der Waals surface area (Å²) in [6.45, 7) is 0.578. The van der Waals surface area contributed by atoms with Gasteiger partial charge in [-0.3, -0.25) is 9.59 Å². The van der Waals surface area contributed by atoms with Gasteiger partial charge < -0.3 is 19.9 Å². The van der Waals surface area contributed by atoms with E-state index in [1.54, 1.807) is 53.4 Å². The lowest BCUT2D eigenvalue weighted by Crippen LogP contribution is -2.23. The minimum Gasteiger partial charge on any atom is -0.484 e. The molecular formula is C26H23FN4O3. The fourth-order valence-electron chi connectivity index (χ4n) is 4.04. The molecule has 34 heavy (non-hydrogen) atoms. The van der Waals surface area contributed by atoms with E-state index in [1.165, 1.54) is 6.07 Å². The quantitative estimate of drug-likeness (QED) is 0.429. The van der Waals surface area contributed by atoms with Crippen LogP contribution < -0.4 is 15.0 Å². The van der Waals surface area contributed by atoms with Gasteiger partial charge in [0.1, 0.15) is 17.4 Å². The van der Waals surface area contributed by atoms with Crippen LogP contribution in [0.1, 0.15) is 24.2 Å². The second-order valence-electron chi connectivity index (χ2n) is 8.16. The molecule has 2 N–H and O–H groups in total. The molecule has 172 valence electrons. The molecule has 1 aliphatic rings. The number of rotatable bonds is 7. The minimum absolute atomic E-state index is 0.127. The summed E-state index contributed by atoms with van der Waals surface area (Å²) >= 11 is 0. The Hall–Kier alpha value is -4.20. The SMILES string of the molecule is O=C(COc1ccc(N2CCCC2=O)cc1)Nc1ccc2nc(Cc3ccccc3F)[nH]c2c1. The van der Waals surface area contributed by atoms with E-state index in [0.29, 0.717) is 35.7 Å². The van der Waals surface area contributed by atoms with Gasteiger partial charge in [-0.25, -0.2) is 9.37 Å². The lowest BCUT2D eigenvalue weighted by Gasteiger charge is -2.16. The molecule has 2 heterocycles. The van der Waals surface area contributed by atoms with Crippen LogP contribution in [-0.4, -0.2) is 34.9 Å². The van der Waals surface area contributed by atoms with Crippen LogP contribution in [0.15, 0.2) is 66.7 Å². The first-order valence-electron chi connectivity index (χ1n) is 11.1. The number of aromatic amines is 1. The van der Waals surface area contributed by atoms with Crippen LogP contribution in [0.4, 0.5) is 15.8 Å². The van der Waals surface area contributed by atoms with Crippen LogP contribution in [0.5, 0.6) is 5.75 Å². The minimum atomic E-state index is -0.302. The van der Waals surface area contributed by atoms with Gasteiger partial charge in [-0.15, -0.1) is 0 Å². The van der Waals surface area contributed by atoms with Gasteiger partial charge in [0.05, 0.1) is 11.0 Å². The molecule has 1 aromatic heterocycles. The maximum atomic E-state index is 13.9. The van der Waals surface area contributed by atoms with Crippen LogP contribution in [0.2, 0.25) is 0 Å². The highest BCUT2D eigenvalue weighted by atomic mass is 19.1.